The lowest BCUT2D eigenvalue weighted by Crippen LogP contribution is -2.10. The summed E-state index contributed by atoms with van der Waals surface area (Å²) in [6.45, 7) is 2.10. The number of hydrogen-bond donors (Lipinski definition) is 1. The second-order valence-electron chi connectivity index (χ2n) is 7.06. The summed E-state index contributed by atoms with van der Waals surface area (Å²) in [6.07, 6.45) is 5.66. The second kappa shape index (κ2) is 7.28. The van der Waals surface area contributed by atoms with E-state index in [9.17, 15) is 0 Å². The number of aryl methyl sites for hydroxylation is 1. The maximum absolute atomic E-state index is 5.75. The Hall–Kier alpha value is -3.86. The number of para-hydroxylation sites is 2. The summed E-state index contributed by atoms with van der Waals surface area (Å²) < 4.78 is 7.87. The van der Waals surface area contributed by atoms with Gasteiger partial charge in [0.15, 0.2) is 5.58 Å². The number of rotatable bonds is 5. The van der Waals surface area contributed by atoms with Crippen molar-refractivity contribution >= 4 is 22.8 Å². The Bertz CT molecular complexity index is 1190. The molecule has 1 atom stereocenters. The van der Waals surface area contributed by atoms with Crippen molar-refractivity contribution < 1.29 is 4.42 Å². The Morgan fingerprint density at radius 2 is 1.62 bits per heavy atom. The number of nitrogens with one attached hydrogen (secondary N) is 1. The molecule has 29 heavy (non-hydrogen) atoms. The number of aromatic nitrogens is 3. The highest BCUT2D eigenvalue weighted by Crippen LogP contribution is 2.29. The van der Waals surface area contributed by atoms with Gasteiger partial charge in [-0.3, -0.25) is 0 Å². The molecule has 0 aliphatic heterocycles. The third-order valence-electron chi connectivity index (χ3n) is 4.99. The van der Waals surface area contributed by atoms with Gasteiger partial charge in [-0.2, -0.15) is 4.98 Å². The van der Waals surface area contributed by atoms with Gasteiger partial charge in [-0.05, 0) is 42.3 Å². The molecular weight excluding hydrogens is 360 g/mol. The average Bonchev–Trinajstić information content (AvgIpc) is 3.40. The first-order valence-corrected chi connectivity index (χ1v) is 9.53. The van der Waals surface area contributed by atoms with Crippen LogP contribution in [0, 0.1) is 6.92 Å². The van der Waals surface area contributed by atoms with E-state index in [4.69, 9.17) is 4.42 Å². The molecule has 0 amide bonds. The van der Waals surface area contributed by atoms with Crippen LogP contribution in [0.2, 0.25) is 0 Å². The van der Waals surface area contributed by atoms with Crippen molar-refractivity contribution in [2.75, 3.05) is 5.32 Å². The molecule has 0 fully saturated rings. The van der Waals surface area contributed by atoms with Crippen molar-refractivity contribution in [3.05, 3.63) is 108 Å². The van der Waals surface area contributed by atoms with Gasteiger partial charge in [0.25, 0.3) is 6.01 Å². The number of oxazole rings is 1. The first kappa shape index (κ1) is 17.3. The molecule has 0 bridgehead atoms. The molecular formula is C24H20N4O. The molecule has 142 valence electrons. The normalized spacial score (nSPS) is 12.2. The molecule has 0 radical (unpaired) electrons. The van der Waals surface area contributed by atoms with E-state index in [1.165, 1.54) is 16.7 Å². The molecule has 0 saturated heterocycles. The molecule has 2 aromatic heterocycles. The van der Waals surface area contributed by atoms with Crippen molar-refractivity contribution in [2.45, 2.75) is 13.0 Å². The fourth-order valence-corrected chi connectivity index (χ4v) is 3.51. The summed E-state index contributed by atoms with van der Waals surface area (Å²) >= 11 is 0. The van der Waals surface area contributed by atoms with E-state index in [0.29, 0.717) is 6.01 Å². The van der Waals surface area contributed by atoms with Gasteiger partial charge in [-0.15, -0.1) is 0 Å². The maximum Gasteiger partial charge on any atom is 0.300 e. The lowest BCUT2D eigenvalue weighted by atomic mass is 9.97. The lowest BCUT2D eigenvalue weighted by molar-refractivity contribution is 0.623. The average molecular weight is 380 g/mol. The molecule has 5 rings (SSSR count). The zero-order valence-corrected chi connectivity index (χ0v) is 16.0. The summed E-state index contributed by atoms with van der Waals surface area (Å²) in [5.41, 5.74) is 6.17. The summed E-state index contributed by atoms with van der Waals surface area (Å²) in [5.74, 6) is 0. The molecule has 0 spiro atoms. The summed E-state index contributed by atoms with van der Waals surface area (Å²) in [5, 5.41) is 3.24. The van der Waals surface area contributed by atoms with Crippen molar-refractivity contribution in [2.24, 2.45) is 0 Å². The Morgan fingerprint density at radius 1 is 0.897 bits per heavy atom. The van der Waals surface area contributed by atoms with Gasteiger partial charge in [0.05, 0.1) is 12.4 Å². The molecule has 2 heterocycles. The number of nitrogens with zero attached hydrogens (tertiary/aromatic N) is 3. The predicted molar refractivity (Wildman–Crippen MR) is 114 cm³/mol. The molecule has 5 heteroatoms. The van der Waals surface area contributed by atoms with Crippen LogP contribution in [0.15, 0.2) is 95.9 Å². The van der Waals surface area contributed by atoms with Crippen LogP contribution >= 0.6 is 0 Å². The van der Waals surface area contributed by atoms with E-state index in [0.717, 1.165) is 16.8 Å². The van der Waals surface area contributed by atoms with Gasteiger partial charge in [0.1, 0.15) is 5.52 Å². The molecule has 0 aliphatic rings. The second-order valence-corrected chi connectivity index (χ2v) is 7.06. The lowest BCUT2D eigenvalue weighted by Gasteiger charge is -2.20. The summed E-state index contributed by atoms with van der Waals surface area (Å²) in [6, 6.07) is 25.2. The minimum Gasteiger partial charge on any atom is -0.423 e. The number of imidazole rings is 1. The molecule has 1 unspecified atom stereocenters. The van der Waals surface area contributed by atoms with Gasteiger partial charge in [0.2, 0.25) is 0 Å². The monoisotopic (exact) mass is 380 g/mol. The maximum atomic E-state index is 5.75. The zero-order valence-electron chi connectivity index (χ0n) is 16.0. The van der Waals surface area contributed by atoms with E-state index in [1.54, 1.807) is 0 Å². The molecule has 0 aliphatic carbocycles. The van der Waals surface area contributed by atoms with Gasteiger partial charge in [0, 0.05) is 18.1 Å². The largest absolute Gasteiger partial charge is 0.423 e. The Morgan fingerprint density at radius 3 is 2.31 bits per heavy atom. The van der Waals surface area contributed by atoms with E-state index >= 15 is 0 Å². The van der Waals surface area contributed by atoms with Crippen LogP contribution in [0.3, 0.4) is 0 Å². The Balaban J connectivity index is 1.44. The number of anilines is 2. The Labute approximate surface area is 168 Å². The molecule has 0 saturated carbocycles. The molecule has 5 aromatic rings. The highest BCUT2D eigenvalue weighted by atomic mass is 16.4. The van der Waals surface area contributed by atoms with Crippen LogP contribution in [0.4, 0.5) is 11.7 Å². The van der Waals surface area contributed by atoms with E-state index in [-0.39, 0.29) is 6.04 Å². The van der Waals surface area contributed by atoms with Crippen molar-refractivity contribution in [3.8, 4) is 0 Å². The topological polar surface area (TPSA) is 55.9 Å². The number of benzene rings is 3. The van der Waals surface area contributed by atoms with Crippen LogP contribution in [-0.2, 0) is 0 Å². The Kier molecular flexibility index (Phi) is 4.33. The minimum atomic E-state index is 0.0662. The van der Waals surface area contributed by atoms with Crippen LogP contribution < -0.4 is 5.32 Å². The van der Waals surface area contributed by atoms with Gasteiger partial charge >= 0.3 is 0 Å². The summed E-state index contributed by atoms with van der Waals surface area (Å²) in [4.78, 5) is 8.71. The molecule has 1 N–H and O–H groups in total. The zero-order chi connectivity index (χ0) is 19.6. The SMILES string of the molecule is Cc1ccc(C(c2ccc(Nc3nc4ccccc4o3)cc2)n2ccnc2)cc1. The number of hydrogen-bond acceptors (Lipinski definition) is 4. The molecule has 5 nitrogen and oxygen atoms in total. The highest BCUT2D eigenvalue weighted by molar-refractivity contribution is 5.75. The van der Waals surface area contributed by atoms with Crippen LogP contribution in [-0.4, -0.2) is 14.5 Å². The minimum absolute atomic E-state index is 0.0662. The first-order chi connectivity index (χ1) is 14.3. The number of fused-ring (bicyclic) bond motifs is 1. The smallest absolute Gasteiger partial charge is 0.300 e. The molecule has 3 aromatic carbocycles. The van der Waals surface area contributed by atoms with Crippen molar-refractivity contribution in [1.29, 1.82) is 0 Å². The van der Waals surface area contributed by atoms with Gasteiger partial charge in [-0.1, -0.05) is 54.1 Å². The quantitative estimate of drug-likeness (QED) is 0.424. The van der Waals surface area contributed by atoms with Crippen molar-refractivity contribution in [3.63, 3.8) is 0 Å². The summed E-state index contributed by atoms with van der Waals surface area (Å²) in [7, 11) is 0. The fraction of sp³-hybridized carbons (Fsp3) is 0.0833. The third kappa shape index (κ3) is 3.50. The highest BCUT2D eigenvalue weighted by Gasteiger charge is 2.16. The van der Waals surface area contributed by atoms with E-state index in [1.807, 2.05) is 55.1 Å². The van der Waals surface area contributed by atoms with Crippen LogP contribution in [0.5, 0.6) is 0 Å². The van der Waals surface area contributed by atoms with Gasteiger partial charge < -0.3 is 14.3 Å². The van der Waals surface area contributed by atoms with E-state index < -0.39 is 0 Å². The first-order valence-electron chi connectivity index (χ1n) is 9.53. The van der Waals surface area contributed by atoms with Crippen molar-refractivity contribution in [1.82, 2.24) is 14.5 Å². The fourth-order valence-electron chi connectivity index (χ4n) is 3.51. The van der Waals surface area contributed by atoms with E-state index in [2.05, 4.69) is 63.2 Å². The van der Waals surface area contributed by atoms with Gasteiger partial charge in [-0.25, -0.2) is 4.98 Å². The third-order valence-corrected chi connectivity index (χ3v) is 4.99. The van der Waals surface area contributed by atoms with Crippen LogP contribution in [0.25, 0.3) is 11.1 Å². The predicted octanol–water partition coefficient (Wildman–Crippen LogP) is 5.71. The van der Waals surface area contributed by atoms with Crippen LogP contribution in [0.1, 0.15) is 22.7 Å². The standard InChI is InChI=1S/C24H20N4O/c1-17-6-8-18(9-7-17)23(28-15-14-25-16-28)19-10-12-20(13-11-19)26-24-27-21-4-2-3-5-22(21)29-24/h2-16,23H,1H3,(H,26,27).